The van der Waals surface area contributed by atoms with Crippen molar-refractivity contribution in [2.24, 2.45) is 0 Å². The summed E-state index contributed by atoms with van der Waals surface area (Å²) in [6.45, 7) is 26.0. The van der Waals surface area contributed by atoms with Crippen molar-refractivity contribution in [1.29, 1.82) is 0 Å². The number of hydrogen-bond acceptors (Lipinski definition) is 2. The van der Waals surface area contributed by atoms with Gasteiger partial charge < -0.3 is 14.3 Å². The summed E-state index contributed by atoms with van der Waals surface area (Å²) in [6.07, 6.45) is 0. The topological polar surface area (TPSA) is 34.2 Å². The van der Waals surface area contributed by atoms with Gasteiger partial charge in [-0.1, -0.05) is 67.5 Å². The number of benzene rings is 2. The molecule has 4 heteroatoms. The van der Waals surface area contributed by atoms with E-state index in [1.165, 1.54) is 21.9 Å². The number of fused-ring (bicyclic) bond motifs is 3. The molecule has 0 unspecified atom stereocenters. The summed E-state index contributed by atoms with van der Waals surface area (Å²) in [4.78, 5) is 3.68. The van der Waals surface area contributed by atoms with Crippen molar-refractivity contribution in [3.8, 4) is 0 Å². The molecule has 2 heterocycles. The van der Waals surface area contributed by atoms with Crippen molar-refractivity contribution in [2.45, 2.75) is 105 Å². The first-order chi connectivity index (χ1) is 14.6. The molecule has 3 aromatic rings. The van der Waals surface area contributed by atoms with Gasteiger partial charge in [0.2, 0.25) is 0 Å². The minimum absolute atomic E-state index is 0.0256. The van der Waals surface area contributed by atoms with Gasteiger partial charge in [0.15, 0.2) is 0 Å². The molecule has 1 N–H and O–H groups in total. The van der Waals surface area contributed by atoms with Gasteiger partial charge in [0.1, 0.15) is 0 Å². The third kappa shape index (κ3) is 4.24. The van der Waals surface area contributed by atoms with Crippen LogP contribution in [0.25, 0.3) is 21.8 Å². The highest BCUT2D eigenvalue weighted by Gasteiger charge is 2.52. The molecule has 0 spiro atoms. The molecule has 0 radical (unpaired) electrons. The highest BCUT2D eigenvalue weighted by atomic mass is 16.7. The lowest BCUT2D eigenvalue weighted by Crippen LogP contribution is -2.41. The van der Waals surface area contributed by atoms with Crippen LogP contribution in [0.15, 0.2) is 30.3 Å². The molecule has 1 saturated heterocycles. The molecule has 2 aromatic carbocycles. The molecule has 1 aliphatic rings. The number of aromatic amines is 1. The summed E-state index contributed by atoms with van der Waals surface area (Å²) in [7, 11) is -0.394. The Bertz CT molecular complexity index is 1110. The first-order valence-corrected chi connectivity index (χ1v) is 12.1. The lowest BCUT2D eigenvalue weighted by Gasteiger charge is -2.32. The van der Waals surface area contributed by atoms with Crippen LogP contribution in [-0.4, -0.2) is 23.3 Å². The number of nitrogens with one attached hydrogen (secondary N) is 1. The molecule has 0 bridgehead atoms. The maximum atomic E-state index is 6.46. The molecule has 4 rings (SSSR count). The smallest absolute Gasteiger partial charge is 0.399 e. The molecular formula is C28H42BNO2. The summed E-state index contributed by atoms with van der Waals surface area (Å²) in [6, 6.07) is 11.4. The van der Waals surface area contributed by atoms with Crippen LogP contribution in [0, 0.1) is 0 Å². The van der Waals surface area contributed by atoms with Crippen LogP contribution >= 0.6 is 0 Å². The predicted octanol–water partition coefficient (Wildman–Crippen LogP) is 7.24. The van der Waals surface area contributed by atoms with E-state index in [0.29, 0.717) is 0 Å². The summed E-state index contributed by atoms with van der Waals surface area (Å²) in [5, 5.41) is 2.51. The number of hydrogen-bond donors (Lipinski definition) is 1. The summed E-state index contributed by atoms with van der Waals surface area (Å²) >= 11 is 0. The van der Waals surface area contributed by atoms with Gasteiger partial charge in [-0.15, -0.1) is 0 Å². The van der Waals surface area contributed by atoms with E-state index in [1.54, 1.807) is 0 Å². The van der Waals surface area contributed by atoms with E-state index in [-0.39, 0.29) is 22.0 Å². The Balaban J connectivity index is 0.00000141. The highest BCUT2D eigenvalue weighted by molar-refractivity contribution is 6.65. The molecule has 0 aliphatic carbocycles. The number of rotatable bonds is 1. The minimum Gasteiger partial charge on any atom is -0.399 e. The van der Waals surface area contributed by atoms with Crippen molar-refractivity contribution in [3.05, 3.63) is 41.5 Å². The Morgan fingerprint density at radius 1 is 0.719 bits per heavy atom. The summed E-state index contributed by atoms with van der Waals surface area (Å²) < 4.78 is 12.9. The van der Waals surface area contributed by atoms with Crippen LogP contribution in [0.1, 0.15) is 94.2 Å². The first kappa shape index (κ1) is 24.9. The zero-order valence-electron chi connectivity index (χ0n) is 22.3. The fourth-order valence-corrected chi connectivity index (χ4v) is 4.08. The molecule has 1 fully saturated rings. The molecule has 0 amide bonds. The van der Waals surface area contributed by atoms with Gasteiger partial charge in [0.05, 0.1) is 11.2 Å². The average Bonchev–Trinajstić information content (AvgIpc) is 3.14. The molecule has 32 heavy (non-hydrogen) atoms. The van der Waals surface area contributed by atoms with E-state index in [0.717, 1.165) is 16.5 Å². The van der Waals surface area contributed by atoms with E-state index in [9.17, 15) is 0 Å². The minimum atomic E-state index is -0.394. The molecular weight excluding hydrogens is 393 g/mol. The van der Waals surface area contributed by atoms with E-state index >= 15 is 0 Å². The molecule has 0 atom stereocenters. The number of H-pyrrole nitrogens is 1. The Labute approximate surface area is 195 Å². The van der Waals surface area contributed by atoms with Gasteiger partial charge in [-0.2, -0.15) is 0 Å². The zero-order chi connectivity index (χ0) is 24.3. The fraction of sp³-hybridized carbons (Fsp3) is 0.571. The molecule has 174 valence electrons. The van der Waals surface area contributed by atoms with Gasteiger partial charge in [0.25, 0.3) is 0 Å². The second kappa shape index (κ2) is 7.92. The molecule has 0 saturated carbocycles. The SMILES string of the molecule is CC.CC(C)(C)c1ccc2[nH]c3c(B4OC(C)(C)C(C)(C)O4)cc(C(C)(C)C)cc3c2c1. The molecule has 3 nitrogen and oxygen atoms in total. The lowest BCUT2D eigenvalue weighted by molar-refractivity contribution is 0.00578. The second-order valence-corrected chi connectivity index (χ2v) is 12.0. The van der Waals surface area contributed by atoms with Crippen LogP contribution in [0.5, 0.6) is 0 Å². The third-order valence-electron chi connectivity index (χ3n) is 6.98. The van der Waals surface area contributed by atoms with Crippen LogP contribution in [-0.2, 0) is 20.1 Å². The van der Waals surface area contributed by atoms with E-state index in [2.05, 4.69) is 105 Å². The lowest BCUT2D eigenvalue weighted by atomic mass is 9.74. The standard InChI is InChI=1S/C26H36BNO2.C2H6/c1-23(2,3)16-11-12-21-18(13-16)19-14-17(24(4,5)6)15-20(22(19)28-21)27-29-25(7,8)26(9,10)30-27;1-2/h11-15,28H,1-10H3;1-2H3. The van der Waals surface area contributed by atoms with Crippen LogP contribution < -0.4 is 5.46 Å². The van der Waals surface area contributed by atoms with Gasteiger partial charge in [-0.3, -0.25) is 0 Å². The van der Waals surface area contributed by atoms with E-state index in [1.807, 2.05) is 13.8 Å². The summed E-state index contributed by atoms with van der Waals surface area (Å²) in [5.41, 5.74) is 5.39. The summed E-state index contributed by atoms with van der Waals surface area (Å²) in [5.74, 6) is 0. The van der Waals surface area contributed by atoms with Crippen molar-refractivity contribution in [3.63, 3.8) is 0 Å². The molecule has 1 aliphatic heterocycles. The van der Waals surface area contributed by atoms with Gasteiger partial charge in [-0.25, -0.2) is 0 Å². The number of aromatic nitrogens is 1. The van der Waals surface area contributed by atoms with Crippen molar-refractivity contribution in [1.82, 2.24) is 4.98 Å². The third-order valence-corrected chi connectivity index (χ3v) is 6.98. The Morgan fingerprint density at radius 2 is 1.22 bits per heavy atom. The first-order valence-electron chi connectivity index (χ1n) is 12.1. The maximum Gasteiger partial charge on any atom is 0.497 e. The van der Waals surface area contributed by atoms with Crippen molar-refractivity contribution < 1.29 is 9.31 Å². The average molecular weight is 435 g/mol. The fourth-order valence-electron chi connectivity index (χ4n) is 4.08. The highest BCUT2D eigenvalue weighted by Crippen LogP contribution is 2.39. The van der Waals surface area contributed by atoms with Gasteiger partial charge >= 0.3 is 7.12 Å². The van der Waals surface area contributed by atoms with Crippen LogP contribution in [0.2, 0.25) is 0 Å². The largest absolute Gasteiger partial charge is 0.497 e. The Kier molecular flexibility index (Phi) is 6.15. The van der Waals surface area contributed by atoms with Crippen LogP contribution in [0.4, 0.5) is 0 Å². The van der Waals surface area contributed by atoms with E-state index < -0.39 is 7.12 Å². The zero-order valence-corrected chi connectivity index (χ0v) is 22.3. The quantitative estimate of drug-likeness (QED) is 0.409. The molecule has 1 aromatic heterocycles. The van der Waals surface area contributed by atoms with Crippen molar-refractivity contribution >= 4 is 34.4 Å². The Morgan fingerprint density at radius 3 is 1.72 bits per heavy atom. The van der Waals surface area contributed by atoms with Gasteiger partial charge in [0, 0.05) is 27.3 Å². The van der Waals surface area contributed by atoms with Crippen LogP contribution in [0.3, 0.4) is 0 Å². The van der Waals surface area contributed by atoms with E-state index in [4.69, 9.17) is 9.31 Å². The maximum absolute atomic E-state index is 6.46. The van der Waals surface area contributed by atoms with Crippen molar-refractivity contribution in [2.75, 3.05) is 0 Å². The van der Waals surface area contributed by atoms with Gasteiger partial charge in [-0.05, 0) is 67.9 Å². The monoisotopic (exact) mass is 435 g/mol. The normalized spacial score (nSPS) is 18.2. The predicted molar refractivity (Wildman–Crippen MR) is 140 cm³/mol. The second-order valence-electron chi connectivity index (χ2n) is 12.0. The Hall–Kier alpha value is -1.78.